The lowest BCUT2D eigenvalue weighted by Gasteiger charge is -2.37. The monoisotopic (exact) mass is 245 g/mol. The van der Waals surface area contributed by atoms with Crippen LogP contribution in [0.2, 0.25) is 0 Å². The highest BCUT2D eigenvalue weighted by Crippen LogP contribution is 2.20. The third-order valence-electron chi connectivity index (χ3n) is 2.31. The minimum absolute atomic E-state index is 0.0509. The largest absolute Gasteiger partial charge is 0.544 e. The highest BCUT2D eigenvalue weighted by Gasteiger charge is 2.34. The summed E-state index contributed by atoms with van der Waals surface area (Å²) in [5.41, 5.74) is 0.340. The number of likely N-dealkylation sites (N-methyl/N-ethyl adjacent to an activating group) is 1. The van der Waals surface area contributed by atoms with Gasteiger partial charge in [0.1, 0.15) is 5.97 Å². The first-order valence-corrected chi connectivity index (χ1v) is 5.12. The van der Waals surface area contributed by atoms with E-state index in [0.29, 0.717) is 10.5 Å². The second-order valence-electron chi connectivity index (χ2n) is 4.52. The van der Waals surface area contributed by atoms with Gasteiger partial charge in [-0.25, -0.2) is 0 Å². The second-order valence-corrected chi connectivity index (χ2v) is 4.93. The third-order valence-corrected chi connectivity index (χ3v) is 2.53. The molecule has 0 spiro atoms. The van der Waals surface area contributed by atoms with Gasteiger partial charge in [-0.3, -0.25) is 0 Å². The van der Waals surface area contributed by atoms with Gasteiger partial charge in [-0.1, -0.05) is 0 Å². The van der Waals surface area contributed by atoms with Crippen LogP contribution in [0.25, 0.3) is 0 Å². The summed E-state index contributed by atoms with van der Waals surface area (Å²) < 4.78 is 0.391. The predicted octanol–water partition coefficient (Wildman–Crippen LogP) is -1.07. The maximum atomic E-state index is 11.0. The molecule has 1 heterocycles. The van der Waals surface area contributed by atoms with E-state index in [9.17, 15) is 15.0 Å². The van der Waals surface area contributed by atoms with Crippen LogP contribution in [0.1, 0.15) is 11.8 Å². The molecule has 6 nitrogen and oxygen atoms in total. The van der Waals surface area contributed by atoms with Crippen LogP contribution in [0.5, 0.6) is 0 Å². The first kappa shape index (κ1) is 12.9. The second kappa shape index (κ2) is 4.36. The fourth-order valence-electron chi connectivity index (χ4n) is 1.54. The smallest absolute Gasteiger partial charge is 0.174 e. The number of aromatic amines is 2. The highest BCUT2D eigenvalue weighted by molar-refractivity contribution is 7.71. The van der Waals surface area contributed by atoms with Gasteiger partial charge >= 0.3 is 0 Å². The number of carboxylic acids is 1. The molecule has 0 bridgehead atoms. The van der Waals surface area contributed by atoms with E-state index in [1.807, 2.05) is 0 Å². The Kier molecular flexibility index (Phi) is 3.51. The van der Waals surface area contributed by atoms with Crippen LogP contribution in [-0.2, 0) is 4.79 Å². The van der Waals surface area contributed by atoms with E-state index in [2.05, 4.69) is 9.97 Å². The first-order valence-electron chi connectivity index (χ1n) is 4.71. The van der Waals surface area contributed by atoms with E-state index in [4.69, 9.17) is 12.2 Å². The average Bonchev–Trinajstić information content (AvgIpc) is 2.48. The Bertz CT molecular complexity index is 432. The van der Waals surface area contributed by atoms with E-state index in [1.165, 1.54) is 6.20 Å². The molecule has 7 heteroatoms. The molecule has 2 atom stereocenters. The average molecular weight is 245 g/mol. The summed E-state index contributed by atoms with van der Waals surface area (Å²) in [6, 6.07) is -1.07. The zero-order valence-electron chi connectivity index (χ0n) is 9.35. The molecule has 0 aliphatic heterocycles. The van der Waals surface area contributed by atoms with Crippen molar-refractivity contribution in [2.75, 3.05) is 21.1 Å². The van der Waals surface area contributed by atoms with Gasteiger partial charge in [0, 0.05) is 6.20 Å². The number of aliphatic hydroxyl groups excluding tert-OH is 1. The minimum atomic E-state index is -1.31. The lowest BCUT2D eigenvalue weighted by atomic mass is 10.1. The fourth-order valence-corrected chi connectivity index (χ4v) is 1.72. The molecule has 16 heavy (non-hydrogen) atoms. The summed E-state index contributed by atoms with van der Waals surface area (Å²) in [7, 11) is 5.01. The topological polar surface area (TPSA) is 91.9 Å². The highest BCUT2D eigenvalue weighted by atomic mass is 32.1. The number of hydrogen-bond acceptors (Lipinski definition) is 4. The summed E-state index contributed by atoms with van der Waals surface area (Å²) >= 11 is 4.81. The van der Waals surface area contributed by atoms with Gasteiger partial charge < -0.3 is 29.5 Å². The van der Waals surface area contributed by atoms with Crippen molar-refractivity contribution in [2.24, 2.45) is 0 Å². The quantitative estimate of drug-likeness (QED) is 0.465. The molecule has 90 valence electrons. The van der Waals surface area contributed by atoms with Crippen LogP contribution in [0.15, 0.2) is 6.20 Å². The number of carbonyl (C=O) groups is 1. The molecule has 0 saturated carbocycles. The van der Waals surface area contributed by atoms with Crippen molar-refractivity contribution in [2.45, 2.75) is 12.1 Å². The molecule has 0 unspecified atom stereocenters. The molecule has 3 N–H and O–H groups in total. The van der Waals surface area contributed by atoms with Crippen LogP contribution in [-0.4, -0.2) is 52.7 Å². The van der Waals surface area contributed by atoms with Crippen molar-refractivity contribution < 1.29 is 19.5 Å². The summed E-state index contributed by atoms with van der Waals surface area (Å²) in [6.07, 6.45) is 0.261. The van der Waals surface area contributed by atoms with E-state index >= 15 is 0 Å². The molecule has 1 rings (SSSR count). The van der Waals surface area contributed by atoms with Crippen molar-refractivity contribution in [1.29, 1.82) is 0 Å². The molecule has 0 aliphatic rings. The molecule has 0 fully saturated rings. The Morgan fingerprint density at radius 2 is 2.12 bits per heavy atom. The number of imidazole rings is 1. The lowest BCUT2D eigenvalue weighted by Crippen LogP contribution is -2.57. The summed E-state index contributed by atoms with van der Waals surface area (Å²) in [4.78, 5) is 16.4. The van der Waals surface area contributed by atoms with Crippen LogP contribution < -0.4 is 5.11 Å². The van der Waals surface area contributed by atoms with Crippen molar-refractivity contribution in [3.8, 4) is 0 Å². The molecular formula is C9H15N3O3S. The van der Waals surface area contributed by atoms with Gasteiger partial charge in [0.15, 0.2) is 16.9 Å². The number of nitrogens with one attached hydrogen (secondary N) is 2. The zero-order chi connectivity index (χ0) is 12.5. The van der Waals surface area contributed by atoms with Gasteiger partial charge in [-0.05, 0) is 12.2 Å². The SMILES string of the molecule is C[N+](C)(C)[C@H](C(=O)[O-])[C@H](O)c1c[nH]c(=S)[nH]1. The number of aromatic nitrogens is 2. The van der Waals surface area contributed by atoms with Gasteiger partial charge in [0.05, 0.1) is 26.8 Å². The van der Waals surface area contributed by atoms with E-state index in [0.717, 1.165) is 0 Å². The Balaban J connectivity index is 3.05. The van der Waals surface area contributed by atoms with Crippen LogP contribution >= 0.6 is 12.2 Å². The first-order chi connectivity index (χ1) is 7.23. The van der Waals surface area contributed by atoms with E-state index in [-0.39, 0.29) is 4.48 Å². The number of carboxylic acid groups (broad SMARTS) is 1. The summed E-state index contributed by atoms with van der Waals surface area (Å²) in [6.45, 7) is 0. The summed E-state index contributed by atoms with van der Waals surface area (Å²) in [5, 5.41) is 21.0. The van der Waals surface area contributed by atoms with Gasteiger partial charge in [-0.15, -0.1) is 0 Å². The Morgan fingerprint density at radius 3 is 2.44 bits per heavy atom. The Hall–Kier alpha value is -1.18. The van der Waals surface area contributed by atoms with Crippen LogP contribution in [0.4, 0.5) is 0 Å². The third kappa shape index (κ3) is 2.69. The van der Waals surface area contributed by atoms with Crippen LogP contribution in [0, 0.1) is 4.77 Å². The van der Waals surface area contributed by atoms with Gasteiger partial charge in [0.2, 0.25) is 0 Å². The normalized spacial score (nSPS) is 15.8. The molecule has 0 amide bonds. The van der Waals surface area contributed by atoms with Crippen molar-refractivity contribution in [3.63, 3.8) is 0 Å². The predicted molar refractivity (Wildman–Crippen MR) is 57.8 cm³/mol. The maximum absolute atomic E-state index is 11.0. The number of aliphatic hydroxyl groups is 1. The molecule has 0 radical (unpaired) electrons. The standard InChI is InChI=1S/C9H15N3O3S/c1-12(2,3)6(8(14)15)7(13)5-4-10-9(16)11-5/h4,6-7,13H,1-3H3,(H2-,10,11,14,15,16)/t6-,7+/m0/s1. The molecule has 1 aromatic rings. The Morgan fingerprint density at radius 1 is 1.56 bits per heavy atom. The number of aliphatic carboxylic acids is 1. The van der Waals surface area contributed by atoms with E-state index < -0.39 is 18.1 Å². The van der Waals surface area contributed by atoms with Gasteiger partial charge in [-0.2, -0.15) is 0 Å². The number of hydrogen-bond donors (Lipinski definition) is 3. The molecule has 0 aliphatic carbocycles. The number of H-pyrrole nitrogens is 2. The molecule has 0 saturated heterocycles. The fraction of sp³-hybridized carbons (Fsp3) is 0.556. The van der Waals surface area contributed by atoms with E-state index in [1.54, 1.807) is 21.1 Å². The van der Waals surface area contributed by atoms with Gasteiger partial charge in [0.25, 0.3) is 0 Å². The minimum Gasteiger partial charge on any atom is -0.544 e. The zero-order valence-corrected chi connectivity index (χ0v) is 10.2. The van der Waals surface area contributed by atoms with Crippen LogP contribution in [0.3, 0.4) is 0 Å². The number of nitrogens with zero attached hydrogens (tertiary/aromatic N) is 1. The number of rotatable bonds is 4. The van der Waals surface area contributed by atoms with Crippen molar-refractivity contribution >= 4 is 18.2 Å². The Labute approximate surface area is 98.1 Å². The molecule has 0 aromatic carbocycles. The molecular weight excluding hydrogens is 230 g/mol. The summed E-state index contributed by atoms with van der Waals surface area (Å²) in [5.74, 6) is -1.31. The number of carbonyl (C=O) groups excluding carboxylic acids is 1. The number of quaternary nitrogens is 1. The lowest BCUT2D eigenvalue weighted by molar-refractivity contribution is -0.893. The maximum Gasteiger partial charge on any atom is 0.174 e. The van der Waals surface area contributed by atoms with Crippen molar-refractivity contribution in [1.82, 2.24) is 9.97 Å². The molecule has 1 aromatic heterocycles. The van der Waals surface area contributed by atoms with Crippen molar-refractivity contribution in [3.05, 3.63) is 16.7 Å².